The molecule has 1 rings (SSSR count). The molecule has 1 atom stereocenters. The van der Waals surface area contributed by atoms with Crippen molar-refractivity contribution in [2.24, 2.45) is 0 Å². The third-order valence-corrected chi connectivity index (χ3v) is 3.44. The Bertz CT molecular complexity index is 407. The van der Waals surface area contributed by atoms with Gasteiger partial charge in [-0.15, -0.1) is 0 Å². The lowest BCUT2D eigenvalue weighted by Gasteiger charge is -2.17. The van der Waals surface area contributed by atoms with Gasteiger partial charge >= 0.3 is 5.97 Å². The molecular formula is C14H21NO2S. The van der Waals surface area contributed by atoms with Crippen LogP contribution in [-0.2, 0) is 9.53 Å². The molecule has 0 aliphatic rings. The Balaban J connectivity index is 2.56. The van der Waals surface area contributed by atoms with E-state index in [0.29, 0.717) is 6.61 Å². The summed E-state index contributed by atoms with van der Waals surface area (Å²) in [6.45, 7) is 6.40. The van der Waals surface area contributed by atoms with Crippen molar-refractivity contribution >= 4 is 23.4 Å². The van der Waals surface area contributed by atoms with Crippen molar-refractivity contribution in [1.29, 1.82) is 0 Å². The predicted molar refractivity (Wildman–Crippen MR) is 78.3 cm³/mol. The third kappa shape index (κ3) is 4.26. The van der Waals surface area contributed by atoms with Crippen LogP contribution in [0.15, 0.2) is 18.2 Å². The molecule has 0 aliphatic heterocycles. The maximum absolute atomic E-state index is 11.7. The zero-order chi connectivity index (χ0) is 13.5. The van der Waals surface area contributed by atoms with Gasteiger partial charge in [0.15, 0.2) is 0 Å². The van der Waals surface area contributed by atoms with E-state index in [1.54, 1.807) is 11.8 Å². The van der Waals surface area contributed by atoms with Crippen LogP contribution in [0.25, 0.3) is 0 Å². The summed E-state index contributed by atoms with van der Waals surface area (Å²) < 4.78 is 5.16. The SMILES string of the molecule is CSCCOC(=O)[C@H](C)Nc1cccc(C)c1C. The highest BCUT2D eigenvalue weighted by atomic mass is 32.2. The van der Waals surface area contributed by atoms with Crippen molar-refractivity contribution in [2.45, 2.75) is 26.8 Å². The molecule has 1 aromatic rings. The highest BCUT2D eigenvalue weighted by molar-refractivity contribution is 7.98. The maximum Gasteiger partial charge on any atom is 0.328 e. The van der Waals surface area contributed by atoms with E-state index in [0.717, 1.165) is 11.4 Å². The van der Waals surface area contributed by atoms with Gasteiger partial charge < -0.3 is 10.1 Å². The van der Waals surface area contributed by atoms with Crippen molar-refractivity contribution in [3.8, 4) is 0 Å². The van der Waals surface area contributed by atoms with Gasteiger partial charge in [0.2, 0.25) is 0 Å². The highest BCUT2D eigenvalue weighted by Gasteiger charge is 2.14. The van der Waals surface area contributed by atoms with Crippen molar-refractivity contribution in [2.75, 3.05) is 23.9 Å². The fourth-order valence-corrected chi connectivity index (χ4v) is 1.80. The smallest absolute Gasteiger partial charge is 0.328 e. The summed E-state index contributed by atoms with van der Waals surface area (Å²) in [7, 11) is 0. The molecule has 1 N–H and O–H groups in total. The number of thioether (sulfide) groups is 1. The first kappa shape index (κ1) is 14.9. The van der Waals surface area contributed by atoms with Crippen molar-refractivity contribution in [3.05, 3.63) is 29.3 Å². The van der Waals surface area contributed by atoms with Crippen LogP contribution in [0.1, 0.15) is 18.1 Å². The molecule has 0 spiro atoms. The predicted octanol–water partition coefficient (Wildman–Crippen LogP) is 3.01. The highest BCUT2D eigenvalue weighted by Crippen LogP contribution is 2.18. The first-order chi connectivity index (χ1) is 8.56. The Kier molecular flexibility index (Phi) is 6.05. The number of aryl methyl sites for hydroxylation is 1. The van der Waals surface area contributed by atoms with E-state index in [2.05, 4.69) is 18.3 Å². The molecule has 18 heavy (non-hydrogen) atoms. The topological polar surface area (TPSA) is 38.3 Å². The molecule has 0 radical (unpaired) electrons. The van der Waals surface area contributed by atoms with Crippen LogP contribution >= 0.6 is 11.8 Å². The fraction of sp³-hybridized carbons (Fsp3) is 0.500. The largest absolute Gasteiger partial charge is 0.463 e. The zero-order valence-electron chi connectivity index (χ0n) is 11.4. The molecule has 0 bridgehead atoms. The van der Waals surface area contributed by atoms with E-state index in [1.807, 2.05) is 32.2 Å². The Morgan fingerprint density at radius 2 is 2.17 bits per heavy atom. The number of carbonyl (C=O) groups excluding carboxylic acids is 1. The summed E-state index contributed by atoms with van der Waals surface area (Å²) in [4.78, 5) is 11.7. The summed E-state index contributed by atoms with van der Waals surface area (Å²) in [5.41, 5.74) is 3.37. The van der Waals surface area contributed by atoms with Crippen LogP contribution in [0, 0.1) is 13.8 Å². The molecule has 0 saturated carbocycles. The summed E-state index contributed by atoms with van der Waals surface area (Å²) in [6, 6.07) is 5.69. The summed E-state index contributed by atoms with van der Waals surface area (Å²) in [6.07, 6.45) is 1.99. The summed E-state index contributed by atoms with van der Waals surface area (Å²) >= 11 is 1.67. The number of esters is 1. The first-order valence-electron chi connectivity index (χ1n) is 6.04. The van der Waals surface area contributed by atoms with Gasteiger partial charge in [0, 0.05) is 11.4 Å². The van der Waals surface area contributed by atoms with Gasteiger partial charge in [-0.25, -0.2) is 4.79 Å². The molecule has 0 fully saturated rings. The molecule has 0 aromatic heterocycles. The molecule has 0 aliphatic carbocycles. The zero-order valence-corrected chi connectivity index (χ0v) is 12.3. The van der Waals surface area contributed by atoms with E-state index in [1.165, 1.54) is 11.1 Å². The number of nitrogens with one attached hydrogen (secondary N) is 1. The van der Waals surface area contributed by atoms with Gasteiger partial charge in [0.1, 0.15) is 12.6 Å². The van der Waals surface area contributed by atoms with E-state index in [-0.39, 0.29) is 12.0 Å². The van der Waals surface area contributed by atoms with E-state index in [9.17, 15) is 4.79 Å². The van der Waals surface area contributed by atoms with Crippen LogP contribution in [0.2, 0.25) is 0 Å². The lowest BCUT2D eigenvalue weighted by Crippen LogP contribution is -2.29. The molecule has 0 unspecified atom stereocenters. The number of ether oxygens (including phenoxy) is 1. The Hall–Kier alpha value is -1.16. The number of carbonyl (C=O) groups is 1. The fourth-order valence-electron chi connectivity index (χ4n) is 1.55. The monoisotopic (exact) mass is 267 g/mol. The number of rotatable bonds is 6. The Labute approximate surface area is 113 Å². The van der Waals surface area contributed by atoms with Gasteiger partial charge in [-0.2, -0.15) is 11.8 Å². The Morgan fingerprint density at radius 1 is 1.44 bits per heavy atom. The summed E-state index contributed by atoms with van der Waals surface area (Å²) in [5, 5.41) is 3.20. The lowest BCUT2D eigenvalue weighted by atomic mass is 10.1. The van der Waals surface area contributed by atoms with E-state index in [4.69, 9.17) is 4.74 Å². The van der Waals surface area contributed by atoms with Crippen LogP contribution < -0.4 is 5.32 Å². The van der Waals surface area contributed by atoms with Crippen LogP contribution in [0.5, 0.6) is 0 Å². The van der Waals surface area contributed by atoms with Crippen LogP contribution in [0.3, 0.4) is 0 Å². The second-order valence-electron chi connectivity index (χ2n) is 4.27. The minimum atomic E-state index is -0.327. The van der Waals surface area contributed by atoms with Crippen LogP contribution in [-0.4, -0.2) is 30.6 Å². The van der Waals surface area contributed by atoms with Gasteiger partial charge in [-0.1, -0.05) is 12.1 Å². The lowest BCUT2D eigenvalue weighted by molar-refractivity contribution is -0.143. The third-order valence-electron chi connectivity index (χ3n) is 2.86. The van der Waals surface area contributed by atoms with Crippen molar-refractivity contribution in [1.82, 2.24) is 0 Å². The molecule has 4 heteroatoms. The molecule has 0 saturated heterocycles. The molecule has 3 nitrogen and oxygen atoms in total. The van der Waals surface area contributed by atoms with Crippen molar-refractivity contribution < 1.29 is 9.53 Å². The average molecular weight is 267 g/mol. The number of hydrogen-bond donors (Lipinski definition) is 1. The average Bonchev–Trinajstić information content (AvgIpc) is 2.35. The second kappa shape index (κ2) is 7.31. The van der Waals surface area contributed by atoms with Gasteiger partial charge in [0.25, 0.3) is 0 Å². The van der Waals surface area contributed by atoms with Gasteiger partial charge in [0.05, 0.1) is 0 Å². The molecule has 100 valence electrons. The van der Waals surface area contributed by atoms with Gasteiger partial charge in [-0.3, -0.25) is 0 Å². The standard InChI is InChI=1S/C14H21NO2S/c1-10-6-5-7-13(11(10)2)15-12(3)14(16)17-8-9-18-4/h5-7,12,15H,8-9H2,1-4H3/t12-/m0/s1. The second-order valence-corrected chi connectivity index (χ2v) is 5.26. The molecule has 0 heterocycles. The minimum Gasteiger partial charge on any atom is -0.463 e. The normalized spacial score (nSPS) is 12.0. The Morgan fingerprint density at radius 3 is 2.83 bits per heavy atom. The first-order valence-corrected chi connectivity index (χ1v) is 7.44. The maximum atomic E-state index is 11.7. The van der Waals surface area contributed by atoms with Gasteiger partial charge in [-0.05, 0) is 44.2 Å². The number of benzene rings is 1. The molecule has 1 aromatic carbocycles. The quantitative estimate of drug-likeness (QED) is 0.635. The number of hydrogen-bond acceptors (Lipinski definition) is 4. The van der Waals surface area contributed by atoms with Crippen molar-refractivity contribution in [3.63, 3.8) is 0 Å². The minimum absolute atomic E-state index is 0.204. The summed E-state index contributed by atoms with van der Waals surface area (Å²) in [5.74, 6) is 0.632. The van der Waals surface area contributed by atoms with E-state index >= 15 is 0 Å². The number of anilines is 1. The molecule has 0 amide bonds. The van der Waals surface area contributed by atoms with Crippen LogP contribution in [0.4, 0.5) is 5.69 Å². The van der Waals surface area contributed by atoms with E-state index < -0.39 is 0 Å². The molecular weight excluding hydrogens is 246 g/mol.